The highest BCUT2D eigenvalue weighted by atomic mass is 79.9. The number of nitrogens with one attached hydrogen (secondary N) is 1. The average Bonchev–Trinajstić information content (AvgIpc) is 2.22. The van der Waals surface area contributed by atoms with Gasteiger partial charge >= 0.3 is 0 Å². The maximum absolute atomic E-state index is 11.5. The predicted octanol–water partition coefficient (Wildman–Crippen LogP) is 2.33. The Morgan fingerprint density at radius 2 is 2.27 bits per heavy atom. The molecular formula is C10H15BrN2O2. The Bertz CT molecular complexity index is 389. The van der Waals surface area contributed by atoms with Crippen molar-refractivity contribution in [2.24, 2.45) is 0 Å². The van der Waals surface area contributed by atoms with Gasteiger partial charge in [0.25, 0.3) is 5.56 Å². The summed E-state index contributed by atoms with van der Waals surface area (Å²) in [5.41, 5.74) is 0.530. The lowest BCUT2D eigenvalue weighted by Gasteiger charge is -2.13. The fourth-order valence-corrected chi connectivity index (χ4v) is 1.56. The second-order valence-electron chi connectivity index (χ2n) is 3.36. The van der Waals surface area contributed by atoms with Crippen molar-refractivity contribution in [1.82, 2.24) is 9.97 Å². The van der Waals surface area contributed by atoms with Crippen molar-refractivity contribution in [1.29, 1.82) is 0 Å². The summed E-state index contributed by atoms with van der Waals surface area (Å²) in [5.74, 6) is 0.602. The van der Waals surface area contributed by atoms with E-state index in [2.05, 4.69) is 32.8 Å². The zero-order valence-corrected chi connectivity index (χ0v) is 10.7. The first-order valence-corrected chi connectivity index (χ1v) is 5.68. The average molecular weight is 275 g/mol. The minimum Gasteiger partial charge on any atom is -0.374 e. The Balaban J connectivity index is 3.09. The molecule has 5 heteroatoms. The molecule has 0 amide bonds. The quantitative estimate of drug-likeness (QED) is 0.917. The summed E-state index contributed by atoms with van der Waals surface area (Å²) in [6, 6.07) is 0. The van der Waals surface area contributed by atoms with Crippen LogP contribution in [0, 0.1) is 6.92 Å². The highest BCUT2D eigenvalue weighted by Crippen LogP contribution is 2.18. The first-order chi connectivity index (χ1) is 7.10. The summed E-state index contributed by atoms with van der Waals surface area (Å²) >= 11 is 3.18. The van der Waals surface area contributed by atoms with Crippen molar-refractivity contribution in [3.63, 3.8) is 0 Å². The van der Waals surface area contributed by atoms with E-state index < -0.39 is 0 Å². The van der Waals surface area contributed by atoms with Crippen LogP contribution in [0.1, 0.15) is 37.4 Å². The van der Waals surface area contributed by atoms with Crippen LogP contribution < -0.4 is 5.56 Å². The lowest BCUT2D eigenvalue weighted by Crippen LogP contribution is -2.17. The SMILES string of the molecule is CCCC(OC)c1nc(C)c(Br)c(=O)[nH]1. The molecule has 0 aromatic carbocycles. The Labute approximate surface area is 97.2 Å². The van der Waals surface area contributed by atoms with Gasteiger partial charge in [0, 0.05) is 7.11 Å². The molecule has 1 unspecified atom stereocenters. The molecule has 0 fully saturated rings. The summed E-state index contributed by atoms with van der Waals surface area (Å²) in [4.78, 5) is 18.5. The first-order valence-electron chi connectivity index (χ1n) is 4.89. The molecule has 1 atom stereocenters. The molecule has 4 nitrogen and oxygen atoms in total. The van der Waals surface area contributed by atoms with Gasteiger partial charge in [0.1, 0.15) is 16.4 Å². The Morgan fingerprint density at radius 3 is 2.73 bits per heavy atom. The molecule has 0 aliphatic carbocycles. The number of aryl methyl sites for hydroxylation is 1. The van der Waals surface area contributed by atoms with Crippen molar-refractivity contribution < 1.29 is 4.74 Å². The number of ether oxygens (including phenoxy) is 1. The van der Waals surface area contributed by atoms with E-state index in [0.717, 1.165) is 12.8 Å². The van der Waals surface area contributed by atoms with E-state index in [4.69, 9.17) is 4.74 Å². The predicted molar refractivity (Wildman–Crippen MR) is 62.0 cm³/mol. The van der Waals surface area contributed by atoms with Crippen LogP contribution in [-0.4, -0.2) is 17.1 Å². The molecule has 1 rings (SSSR count). The first kappa shape index (κ1) is 12.4. The van der Waals surface area contributed by atoms with E-state index in [1.54, 1.807) is 14.0 Å². The van der Waals surface area contributed by atoms with Gasteiger partial charge in [-0.1, -0.05) is 13.3 Å². The molecule has 0 aliphatic rings. The maximum atomic E-state index is 11.5. The molecule has 0 saturated carbocycles. The minimum atomic E-state index is -0.157. The largest absolute Gasteiger partial charge is 0.374 e. The normalized spacial score (nSPS) is 12.8. The topological polar surface area (TPSA) is 55.0 Å². The third-order valence-electron chi connectivity index (χ3n) is 2.19. The molecule has 0 bridgehead atoms. The molecule has 0 aliphatic heterocycles. The fraction of sp³-hybridized carbons (Fsp3) is 0.600. The summed E-state index contributed by atoms with van der Waals surface area (Å²) < 4.78 is 5.76. The van der Waals surface area contributed by atoms with Gasteiger partial charge in [0.2, 0.25) is 0 Å². The Hall–Kier alpha value is -0.680. The third-order valence-corrected chi connectivity index (χ3v) is 3.12. The lowest BCUT2D eigenvalue weighted by molar-refractivity contribution is 0.0872. The summed E-state index contributed by atoms with van der Waals surface area (Å²) in [7, 11) is 1.62. The van der Waals surface area contributed by atoms with Gasteiger partial charge in [-0.2, -0.15) is 0 Å². The van der Waals surface area contributed by atoms with E-state index in [1.165, 1.54) is 0 Å². The number of aromatic nitrogens is 2. The van der Waals surface area contributed by atoms with E-state index in [-0.39, 0.29) is 11.7 Å². The van der Waals surface area contributed by atoms with Crippen LogP contribution >= 0.6 is 15.9 Å². The van der Waals surface area contributed by atoms with Gasteiger partial charge in [-0.05, 0) is 29.3 Å². The minimum absolute atomic E-state index is 0.130. The number of H-pyrrole nitrogens is 1. The molecule has 1 aromatic rings. The number of hydrogen-bond acceptors (Lipinski definition) is 3. The molecule has 15 heavy (non-hydrogen) atoms. The molecule has 0 spiro atoms. The summed E-state index contributed by atoms with van der Waals surface area (Å²) in [5, 5.41) is 0. The van der Waals surface area contributed by atoms with E-state index in [0.29, 0.717) is 16.0 Å². The molecule has 84 valence electrons. The molecular weight excluding hydrogens is 260 g/mol. The van der Waals surface area contributed by atoms with E-state index >= 15 is 0 Å². The van der Waals surface area contributed by atoms with Crippen molar-refractivity contribution in [3.05, 3.63) is 26.3 Å². The van der Waals surface area contributed by atoms with Crippen LogP contribution in [0.25, 0.3) is 0 Å². The molecule has 0 saturated heterocycles. The lowest BCUT2D eigenvalue weighted by atomic mass is 10.2. The smallest absolute Gasteiger partial charge is 0.265 e. The molecule has 0 radical (unpaired) electrons. The number of methoxy groups -OCH3 is 1. The van der Waals surface area contributed by atoms with Gasteiger partial charge in [-0.25, -0.2) is 4.98 Å². The van der Waals surface area contributed by atoms with Crippen LogP contribution in [0.5, 0.6) is 0 Å². The van der Waals surface area contributed by atoms with Crippen molar-refractivity contribution in [3.8, 4) is 0 Å². The Kier molecular flexibility index (Phi) is 4.47. The van der Waals surface area contributed by atoms with Crippen LogP contribution in [0.3, 0.4) is 0 Å². The van der Waals surface area contributed by atoms with Crippen LogP contribution in [-0.2, 0) is 4.74 Å². The van der Waals surface area contributed by atoms with Crippen molar-refractivity contribution in [2.75, 3.05) is 7.11 Å². The van der Waals surface area contributed by atoms with Gasteiger partial charge < -0.3 is 9.72 Å². The second kappa shape index (κ2) is 5.42. The monoisotopic (exact) mass is 274 g/mol. The molecule has 1 heterocycles. The second-order valence-corrected chi connectivity index (χ2v) is 4.16. The van der Waals surface area contributed by atoms with Crippen molar-refractivity contribution >= 4 is 15.9 Å². The van der Waals surface area contributed by atoms with Crippen LogP contribution in [0.2, 0.25) is 0 Å². The third kappa shape index (κ3) is 2.89. The van der Waals surface area contributed by atoms with Gasteiger partial charge in [-0.3, -0.25) is 4.79 Å². The fourth-order valence-electron chi connectivity index (χ4n) is 1.37. The number of aromatic amines is 1. The number of hydrogen-bond donors (Lipinski definition) is 1. The number of rotatable bonds is 4. The van der Waals surface area contributed by atoms with E-state index in [1.807, 2.05) is 0 Å². The zero-order chi connectivity index (χ0) is 11.4. The summed E-state index contributed by atoms with van der Waals surface area (Å²) in [6.45, 7) is 3.86. The van der Waals surface area contributed by atoms with E-state index in [9.17, 15) is 4.79 Å². The summed E-state index contributed by atoms with van der Waals surface area (Å²) in [6.07, 6.45) is 1.70. The zero-order valence-electron chi connectivity index (χ0n) is 9.13. The van der Waals surface area contributed by atoms with Crippen LogP contribution in [0.15, 0.2) is 9.27 Å². The highest BCUT2D eigenvalue weighted by Gasteiger charge is 2.14. The van der Waals surface area contributed by atoms with Gasteiger partial charge in [-0.15, -0.1) is 0 Å². The van der Waals surface area contributed by atoms with Crippen LogP contribution in [0.4, 0.5) is 0 Å². The molecule has 1 aromatic heterocycles. The van der Waals surface area contributed by atoms with Gasteiger partial charge in [0.15, 0.2) is 0 Å². The van der Waals surface area contributed by atoms with Crippen molar-refractivity contribution in [2.45, 2.75) is 32.8 Å². The number of nitrogens with zero attached hydrogens (tertiary/aromatic N) is 1. The number of halogens is 1. The maximum Gasteiger partial charge on any atom is 0.265 e. The Morgan fingerprint density at radius 1 is 1.60 bits per heavy atom. The van der Waals surface area contributed by atoms with Gasteiger partial charge in [0.05, 0.1) is 5.69 Å². The highest BCUT2D eigenvalue weighted by molar-refractivity contribution is 9.10. The standard InChI is InChI=1S/C10H15BrN2O2/c1-4-5-7(15-3)9-12-6(2)8(11)10(14)13-9/h7H,4-5H2,1-3H3,(H,12,13,14). The molecule has 1 N–H and O–H groups in total.